The van der Waals surface area contributed by atoms with Gasteiger partial charge in [-0.3, -0.25) is 9.59 Å². The zero-order chi connectivity index (χ0) is 19.4. The van der Waals surface area contributed by atoms with Gasteiger partial charge in [0, 0.05) is 9.77 Å². The SMILES string of the molecule is Cc1sc(NC(=O)C(Sc2ccccc2)c2ccccc2)c(C(N)=O)c1C. The van der Waals surface area contributed by atoms with Crippen molar-refractivity contribution in [1.82, 2.24) is 0 Å². The van der Waals surface area contributed by atoms with Gasteiger partial charge in [-0.2, -0.15) is 0 Å². The van der Waals surface area contributed by atoms with Crippen LogP contribution in [0.2, 0.25) is 0 Å². The van der Waals surface area contributed by atoms with Crippen LogP contribution in [0.3, 0.4) is 0 Å². The van der Waals surface area contributed by atoms with Crippen molar-refractivity contribution in [2.24, 2.45) is 5.73 Å². The van der Waals surface area contributed by atoms with Gasteiger partial charge in [-0.15, -0.1) is 23.1 Å². The molecule has 0 aliphatic carbocycles. The number of nitrogens with one attached hydrogen (secondary N) is 1. The molecule has 138 valence electrons. The Hall–Kier alpha value is -2.57. The maximum absolute atomic E-state index is 13.1. The van der Waals surface area contributed by atoms with Crippen LogP contribution < -0.4 is 11.1 Å². The first-order valence-electron chi connectivity index (χ1n) is 8.44. The molecule has 0 radical (unpaired) electrons. The van der Waals surface area contributed by atoms with Gasteiger partial charge in [0.25, 0.3) is 5.91 Å². The van der Waals surface area contributed by atoms with E-state index in [1.165, 1.54) is 23.1 Å². The highest BCUT2D eigenvalue weighted by Crippen LogP contribution is 2.38. The van der Waals surface area contributed by atoms with E-state index >= 15 is 0 Å². The van der Waals surface area contributed by atoms with Crippen molar-refractivity contribution in [1.29, 1.82) is 0 Å². The van der Waals surface area contributed by atoms with Crippen molar-refractivity contribution in [2.45, 2.75) is 24.0 Å². The number of aryl methyl sites for hydroxylation is 1. The molecule has 3 aromatic rings. The molecule has 3 rings (SSSR count). The van der Waals surface area contributed by atoms with Crippen molar-refractivity contribution in [3.8, 4) is 0 Å². The molecule has 3 N–H and O–H groups in total. The number of carbonyl (C=O) groups excluding carboxylic acids is 2. The van der Waals surface area contributed by atoms with Crippen LogP contribution in [0.5, 0.6) is 0 Å². The monoisotopic (exact) mass is 396 g/mol. The molecule has 2 aromatic carbocycles. The van der Waals surface area contributed by atoms with Crippen LogP contribution in [-0.2, 0) is 4.79 Å². The summed E-state index contributed by atoms with van der Waals surface area (Å²) in [5.74, 6) is -0.710. The molecule has 0 spiro atoms. The molecule has 0 saturated heterocycles. The van der Waals surface area contributed by atoms with Gasteiger partial charge >= 0.3 is 0 Å². The third-order valence-corrected chi connectivity index (χ3v) is 6.59. The van der Waals surface area contributed by atoms with E-state index in [1.807, 2.05) is 74.5 Å². The molecule has 0 aliphatic rings. The number of rotatable bonds is 6. The maximum Gasteiger partial charge on any atom is 0.251 e. The molecule has 0 bridgehead atoms. The molecule has 1 aromatic heterocycles. The number of amides is 2. The molecule has 2 amide bonds. The first kappa shape index (κ1) is 19.2. The van der Waals surface area contributed by atoms with Gasteiger partial charge in [-0.25, -0.2) is 0 Å². The van der Waals surface area contributed by atoms with E-state index in [0.29, 0.717) is 10.6 Å². The normalized spacial score (nSPS) is 11.8. The summed E-state index contributed by atoms with van der Waals surface area (Å²) >= 11 is 2.85. The predicted octanol–water partition coefficient (Wildman–Crippen LogP) is 4.94. The molecule has 27 heavy (non-hydrogen) atoms. The van der Waals surface area contributed by atoms with E-state index in [9.17, 15) is 9.59 Å². The zero-order valence-corrected chi connectivity index (χ0v) is 16.7. The average molecular weight is 397 g/mol. The topological polar surface area (TPSA) is 72.2 Å². The van der Waals surface area contributed by atoms with Crippen molar-refractivity contribution in [3.63, 3.8) is 0 Å². The smallest absolute Gasteiger partial charge is 0.251 e. The summed E-state index contributed by atoms with van der Waals surface area (Å²) in [5.41, 5.74) is 7.63. The first-order chi connectivity index (χ1) is 13.0. The van der Waals surface area contributed by atoms with Gasteiger partial charge in [-0.1, -0.05) is 48.5 Å². The fourth-order valence-electron chi connectivity index (χ4n) is 2.73. The third-order valence-electron chi connectivity index (χ3n) is 4.21. The largest absolute Gasteiger partial charge is 0.365 e. The second-order valence-electron chi connectivity index (χ2n) is 6.06. The number of nitrogens with two attached hydrogens (primary N) is 1. The van der Waals surface area contributed by atoms with E-state index < -0.39 is 11.2 Å². The molecule has 4 nitrogen and oxygen atoms in total. The van der Waals surface area contributed by atoms with Crippen molar-refractivity contribution >= 4 is 39.9 Å². The highest BCUT2D eigenvalue weighted by Gasteiger charge is 2.25. The molecule has 1 unspecified atom stereocenters. The lowest BCUT2D eigenvalue weighted by Gasteiger charge is -2.17. The quantitative estimate of drug-likeness (QED) is 0.580. The average Bonchev–Trinajstić information content (AvgIpc) is 2.94. The second-order valence-corrected chi connectivity index (χ2v) is 8.47. The molecular weight excluding hydrogens is 376 g/mol. The van der Waals surface area contributed by atoms with Gasteiger partial charge in [0.2, 0.25) is 5.91 Å². The van der Waals surface area contributed by atoms with E-state index in [1.54, 1.807) is 0 Å². The van der Waals surface area contributed by atoms with Crippen LogP contribution >= 0.6 is 23.1 Å². The van der Waals surface area contributed by atoms with Crippen LogP contribution in [0.15, 0.2) is 65.6 Å². The number of anilines is 1. The standard InChI is InChI=1S/C21H20N2O2S2/c1-13-14(2)26-21(17(13)19(22)24)23-20(25)18(15-9-5-3-6-10-15)27-16-11-7-4-8-12-16/h3-12,18H,1-2H3,(H2,22,24)(H,23,25). The van der Waals surface area contributed by atoms with E-state index in [4.69, 9.17) is 5.73 Å². The Morgan fingerprint density at radius 3 is 2.19 bits per heavy atom. The zero-order valence-electron chi connectivity index (χ0n) is 15.1. The van der Waals surface area contributed by atoms with Gasteiger partial charge in [0.15, 0.2) is 0 Å². The van der Waals surface area contributed by atoms with Crippen molar-refractivity contribution in [2.75, 3.05) is 5.32 Å². The van der Waals surface area contributed by atoms with Crippen LogP contribution in [0.25, 0.3) is 0 Å². The maximum atomic E-state index is 13.1. The fraction of sp³-hybridized carbons (Fsp3) is 0.143. The van der Waals surface area contributed by atoms with Gasteiger partial charge in [-0.05, 0) is 37.1 Å². The Morgan fingerprint density at radius 1 is 1.00 bits per heavy atom. The number of primary amides is 1. The summed E-state index contributed by atoms with van der Waals surface area (Å²) in [7, 11) is 0. The molecule has 1 atom stereocenters. The van der Waals surface area contributed by atoms with E-state index in [-0.39, 0.29) is 5.91 Å². The Bertz CT molecular complexity index is 953. The Balaban J connectivity index is 1.92. The third kappa shape index (κ3) is 4.40. The highest BCUT2D eigenvalue weighted by atomic mass is 32.2. The summed E-state index contributed by atoms with van der Waals surface area (Å²) in [6, 6.07) is 19.4. The molecule has 0 aliphatic heterocycles. The minimum Gasteiger partial charge on any atom is -0.365 e. The Labute approximate surface area is 166 Å². The highest BCUT2D eigenvalue weighted by molar-refractivity contribution is 8.00. The fourth-order valence-corrected chi connectivity index (χ4v) is 4.84. The van der Waals surface area contributed by atoms with Crippen LogP contribution in [0, 0.1) is 13.8 Å². The van der Waals surface area contributed by atoms with Gasteiger partial charge in [0.05, 0.1) is 5.56 Å². The molecule has 0 fully saturated rings. The summed E-state index contributed by atoms with van der Waals surface area (Å²) < 4.78 is 0. The molecule has 0 saturated carbocycles. The predicted molar refractivity (Wildman–Crippen MR) is 112 cm³/mol. The Morgan fingerprint density at radius 2 is 1.59 bits per heavy atom. The minimum atomic E-state index is -0.529. The number of benzene rings is 2. The van der Waals surface area contributed by atoms with E-state index in [2.05, 4.69) is 5.32 Å². The number of thiophene rings is 1. The summed E-state index contributed by atoms with van der Waals surface area (Å²) in [6.45, 7) is 3.75. The molecule has 1 heterocycles. The number of hydrogen-bond donors (Lipinski definition) is 2. The lowest BCUT2D eigenvalue weighted by atomic mass is 10.1. The first-order valence-corrected chi connectivity index (χ1v) is 10.1. The number of hydrogen-bond acceptors (Lipinski definition) is 4. The van der Waals surface area contributed by atoms with E-state index in [0.717, 1.165) is 20.9 Å². The van der Waals surface area contributed by atoms with Crippen molar-refractivity contribution < 1.29 is 9.59 Å². The summed E-state index contributed by atoms with van der Waals surface area (Å²) in [5, 5.41) is 2.99. The lowest BCUT2D eigenvalue weighted by molar-refractivity contribution is -0.115. The van der Waals surface area contributed by atoms with Gasteiger partial charge < -0.3 is 11.1 Å². The second kappa shape index (κ2) is 8.41. The van der Waals surface area contributed by atoms with Crippen LogP contribution in [0.4, 0.5) is 5.00 Å². The van der Waals surface area contributed by atoms with Crippen molar-refractivity contribution in [3.05, 3.63) is 82.2 Å². The molecular formula is C21H20N2O2S2. The van der Waals surface area contributed by atoms with Crippen LogP contribution in [0.1, 0.15) is 31.6 Å². The Kier molecular flexibility index (Phi) is 5.98. The summed E-state index contributed by atoms with van der Waals surface area (Å²) in [6.07, 6.45) is 0. The number of carbonyl (C=O) groups is 2. The minimum absolute atomic E-state index is 0.182. The number of thioether (sulfide) groups is 1. The lowest BCUT2D eigenvalue weighted by Crippen LogP contribution is -2.21. The molecule has 6 heteroatoms. The van der Waals surface area contributed by atoms with Crippen LogP contribution in [-0.4, -0.2) is 11.8 Å². The summed E-state index contributed by atoms with van der Waals surface area (Å²) in [4.78, 5) is 26.9. The van der Waals surface area contributed by atoms with Gasteiger partial charge in [0.1, 0.15) is 10.3 Å².